The summed E-state index contributed by atoms with van der Waals surface area (Å²) in [5.41, 5.74) is 3.54. The molecule has 0 radical (unpaired) electrons. The second-order valence-corrected chi connectivity index (χ2v) is 9.64. The zero-order valence-electron chi connectivity index (χ0n) is 18.6. The first-order chi connectivity index (χ1) is 16.3. The van der Waals surface area contributed by atoms with Crippen molar-refractivity contribution in [3.8, 4) is 10.6 Å². The van der Waals surface area contributed by atoms with Crippen molar-refractivity contribution >= 4 is 33.1 Å². The molecule has 1 aliphatic rings. The fraction of sp³-hybridized carbons (Fsp3) is 0.320. The molecule has 0 bridgehead atoms. The summed E-state index contributed by atoms with van der Waals surface area (Å²) >= 11 is 1.60. The molecule has 0 atom stereocenters. The van der Waals surface area contributed by atoms with E-state index in [2.05, 4.69) is 21.5 Å². The van der Waals surface area contributed by atoms with E-state index in [0.717, 1.165) is 33.6 Å². The average molecular weight is 485 g/mol. The number of fused-ring (bicyclic) bond motifs is 2. The number of anilines is 1. The van der Waals surface area contributed by atoms with E-state index in [-0.39, 0.29) is 12.1 Å². The fourth-order valence-corrected chi connectivity index (χ4v) is 5.46. The number of aromatic nitrogens is 3. The van der Waals surface area contributed by atoms with Crippen LogP contribution >= 0.6 is 11.3 Å². The summed E-state index contributed by atoms with van der Waals surface area (Å²) in [6, 6.07) is 13.4. The Kier molecular flexibility index (Phi) is 5.89. The molecule has 4 aromatic rings. The lowest BCUT2D eigenvalue weighted by Gasteiger charge is -2.09. The van der Waals surface area contributed by atoms with Crippen molar-refractivity contribution < 1.29 is 18.0 Å². The van der Waals surface area contributed by atoms with Crippen molar-refractivity contribution in [2.45, 2.75) is 51.7 Å². The van der Waals surface area contributed by atoms with E-state index in [4.69, 9.17) is 0 Å². The minimum absolute atomic E-state index is 0.244. The van der Waals surface area contributed by atoms with Crippen molar-refractivity contribution in [2.75, 3.05) is 5.32 Å². The zero-order valence-corrected chi connectivity index (χ0v) is 19.4. The van der Waals surface area contributed by atoms with Crippen LogP contribution in [0.3, 0.4) is 0 Å². The van der Waals surface area contributed by atoms with Crippen molar-refractivity contribution in [1.29, 1.82) is 0 Å². The Morgan fingerprint density at radius 2 is 1.85 bits per heavy atom. The summed E-state index contributed by atoms with van der Waals surface area (Å²) in [7, 11) is 0. The van der Waals surface area contributed by atoms with Crippen LogP contribution < -0.4 is 5.32 Å². The molecule has 5 nitrogen and oxygen atoms in total. The van der Waals surface area contributed by atoms with Crippen LogP contribution in [0.2, 0.25) is 0 Å². The van der Waals surface area contributed by atoms with E-state index in [0.29, 0.717) is 30.6 Å². The van der Waals surface area contributed by atoms with Crippen LogP contribution in [0.1, 0.15) is 41.8 Å². The molecule has 9 heteroatoms. The molecule has 5 rings (SSSR count). The Morgan fingerprint density at radius 3 is 2.62 bits per heavy atom. The Hall–Kier alpha value is -3.20. The monoisotopic (exact) mass is 484 g/mol. The number of nitrogens with zero attached hydrogens (tertiary/aromatic N) is 3. The van der Waals surface area contributed by atoms with Gasteiger partial charge in [-0.05, 0) is 74.6 Å². The lowest BCUT2D eigenvalue weighted by atomic mass is 10.1. The Bertz CT molecular complexity index is 1360. The molecule has 176 valence electrons. The molecule has 0 aliphatic heterocycles. The Labute approximate surface area is 198 Å². The molecule has 2 aromatic heterocycles. The van der Waals surface area contributed by atoms with Gasteiger partial charge in [0.05, 0.1) is 10.2 Å². The summed E-state index contributed by atoms with van der Waals surface area (Å²) in [4.78, 5) is 17.3. The first kappa shape index (κ1) is 22.6. The van der Waals surface area contributed by atoms with Crippen molar-refractivity contribution in [1.82, 2.24) is 14.8 Å². The van der Waals surface area contributed by atoms with Crippen LogP contribution in [0.15, 0.2) is 42.5 Å². The number of alkyl halides is 3. The highest BCUT2D eigenvalue weighted by molar-refractivity contribution is 7.21. The number of benzene rings is 2. The van der Waals surface area contributed by atoms with Gasteiger partial charge in [0, 0.05) is 22.5 Å². The van der Waals surface area contributed by atoms with Gasteiger partial charge in [-0.15, -0.1) is 11.3 Å². The lowest BCUT2D eigenvalue weighted by Crippen LogP contribution is -2.21. The standard InChI is InChI=1S/C25H23F3N4OS/c1-15-7-12-19-21(13-15)34-24(30-19)16-8-10-17(11-9-16)29-22(33)14-32-20-6-4-2-3-5-18(20)23(31-32)25(26,27)28/h7-13H,2-6,14H2,1H3,(H,29,33). The van der Waals surface area contributed by atoms with E-state index in [1.54, 1.807) is 23.5 Å². The normalized spacial score (nSPS) is 14.1. The smallest absolute Gasteiger partial charge is 0.324 e. The predicted molar refractivity (Wildman–Crippen MR) is 127 cm³/mol. The third-order valence-corrected chi connectivity index (χ3v) is 7.10. The number of carbonyl (C=O) groups excluding carboxylic acids is 1. The van der Waals surface area contributed by atoms with Crippen LogP contribution in [0.4, 0.5) is 18.9 Å². The lowest BCUT2D eigenvalue weighted by molar-refractivity contribution is -0.142. The van der Waals surface area contributed by atoms with Gasteiger partial charge in [0.1, 0.15) is 11.6 Å². The highest BCUT2D eigenvalue weighted by Crippen LogP contribution is 2.35. The summed E-state index contributed by atoms with van der Waals surface area (Å²) in [6.45, 7) is 1.79. The van der Waals surface area contributed by atoms with Crippen LogP contribution in [-0.2, 0) is 30.4 Å². The predicted octanol–water partition coefficient (Wildman–Crippen LogP) is 6.39. The molecule has 0 unspecified atom stereocenters. The second-order valence-electron chi connectivity index (χ2n) is 8.61. The summed E-state index contributed by atoms with van der Waals surface area (Å²) in [5.74, 6) is -0.411. The fourth-order valence-electron chi connectivity index (χ4n) is 4.39. The van der Waals surface area contributed by atoms with Crippen LogP contribution in [0, 0.1) is 6.92 Å². The molecule has 2 aromatic carbocycles. The molecule has 0 spiro atoms. The largest absolute Gasteiger partial charge is 0.435 e. The van der Waals surface area contributed by atoms with Gasteiger partial charge < -0.3 is 5.32 Å². The Balaban J connectivity index is 1.32. The number of aryl methyl sites for hydroxylation is 1. The number of amides is 1. The summed E-state index contributed by atoms with van der Waals surface area (Å²) < 4.78 is 42.8. The van der Waals surface area contributed by atoms with Gasteiger partial charge in [0.15, 0.2) is 5.69 Å². The quantitative estimate of drug-likeness (QED) is 0.341. The minimum Gasteiger partial charge on any atom is -0.324 e. The van der Waals surface area contributed by atoms with Crippen LogP contribution in [0.5, 0.6) is 0 Å². The van der Waals surface area contributed by atoms with Crippen molar-refractivity contribution in [3.63, 3.8) is 0 Å². The molecule has 0 saturated heterocycles. The van der Waals surface area contributed by atoms with E-state index in [9.17, 15) is 18.0 Å². The van der Waals surface area contributed by atoms with Crippen molar-refractivity contribution in [2.24, 2.45) is 0 Å². The second kappa shape index (κ2) is 8.87. The van der Waals surface area contributed by atoms with E-state index >= 15 is 0 Å². The third kappa shape index (κ3) is 4.57. The number of rotatable bonds is 4. The maximum Gasteiger partial charge on any atom is 0.435 e. The number of thiazole rings is 1. The van der Waals surface area contributed by atoms with Crippen molar-refractivity contribution in [3.05, 3.63) is 65.0 Å². The van der Waals surface area contributed by atoms with Gasteiger partial charge in [-0.25, -0.2) is 4.98 Å². The maximum absolute atomic E-state index is 13.5. The number of carbonyl (C=O) groups is 1. The highest BCUT2D eigenvalue weighted by atomic mass is 32.1. The third-order valence-electron chi connectivity index (χ3n) is 6.03. The van der Waals surface area contributed by atoms with Crippen LogP contribution in [-0.4, -0.2) is 20.7 Å². The molecular formula is C25H23F3N4OS. The van der Waals surface area contributed by atoms with E-state index in [1.807, 2.05) is 31.2 Å². The molecule has 0 saturated carbocycles. The maximum atomic E-state index is 13.5. The summed E-state index contributed by atoms with van der Waals surface area (Å²) in [5, 5.41) is 7.45. The first-order valence-electron chi connectivity index (χ1n) is 11.2. The molecule has 1 amide bonds. The molecule has 1 N–H and O–H groups in total. The molecule has 0 fully saturated rings. The highest BCUT2D eigenvalue weighted by Gasteiger charge is 2.39. The zero-order chi connectivity index (χ0) is 23.9. The van der Waals surface area contributed by atoms with Gasteiger partial charge in [0.25, 0.3) is 0 Å². The van der Waals surface area contributed by atoms with Gasteiger partial charge in [0.2, 0.25) is 5.91 Å². The number of hydrogen-bond acceptors (Lipinski definition) is 4. The number of nitrogens with one attached hydrogen (secondary N) is 1. The van der Waals surface area contributed by atoms with Gasteiger partial charge in [-0.1, -0.05) is 12.5 Å². The summed E-state index contributed by atoms with van der Waals surface area (Å²) in [6.07, 6.45) is -1.30. The molecule has 2 heterocycles. The van der Waals surface area contributed by atoms with E-state index in [1.165, 1.54) is 10.2 Å². The molecule has 34 heavy (non-hydrogen) atoms. The SMILES string of the molecule is Cc1ccc2nc(-c3ccc(NC(=O)Cn4nc(C(F)(F)F)c5c4CCCCC5)cc3)sc2c1. The van der Waals surface area contributed by atoms with Crippen LogP contribution in [0.25, 0.3) is 20.8 Å². The minimum atomic E-state index is -4.52. The van der Waals surface area contributed by atoms with Gasteiger partial charge in [-0.2, -0.15) is 18.3 Å². The molecular weight excluding hydrogens is 461 g/mol. The number of halogens is 3. The van der Waals surface area contributed by atoms with Gasteiger partial charge >= 0.3 is 6.18 Å². The average Bonchev–Trinajstić information content (AvgIpc) is 3.26. The number of hydrogen-bond donors (Lipinski definition) is 1. The van der Waals surface area contributed by atoms with E-state index < -0.39 is 17.8 Å². The molecule has 1 aliphatic carbocycles. The van der Waals surface area contributed by atoms with Gasteiger partial charge in [-0.3, -0.25) is 9.48 Å². The first-order valence-corrected chi connectivity index (χ1v) is 12.0. The Morgan fingerprint density at radius 1 is 1.09 bits per heavy atom. The topological polar surface area (TPSA) is 59.8 Å².